The SMILES string of the molecule is CCCCCCCCCCCCCCCC(=O)OC(COC[C@H]1O[C@@H](n2ccc(N)nc2=O)[C@H](O)[C@@H]1O)COC(=O)CCCC(CCCCCCCCCCC)P(=O)(O)OP(=O)(O)O. The molecule has 1 fully saturated rings. The smallest absolute Gasteiger partial charge is 0.462 e. The molecule has 7 N–H and O–H groups in total. The van der Waals surface area contributed by atoms with Gasteiger partial charge < -0.3 is 49.6 Å². The fourth-order valence-electron chi connectivity index (χ4n) is 7.80. The number of aliphatic hydroxyl groups is 2. The molecule has 1 aromatic heterocycles. The number of hydrogen-bond donors (Lipinski definition) is 6. The van der Waals surface area contributed by atoms with Crippen molar-refractivity contribution < 1.29 is 66.9 Å². The summed E-state index contributed by atoms with van der Waals surface area (Å²) in [6, 6.07) is 1.34. The van der Waals surface area contributed by atoms with Crippen molar-refractivity contribution >= 4 is 33.2 Å². The van der Waals surface area contributed by atoms with Crippen LogP contribution in [-0.2, 0) is 42.0 Å². The lowest BCUT2D eigenvalue weighted by Crippen LogP contribution is -2.37. The van der Waals surface area contributed by atoms with Gasteiger partial charge in [-0.3, -0.25) is 18.7 Å². The first kappa shape index (κ1) is 57.9. The molecule has 0 bridgehead atoms. The number of unbranched alkanes of at least 4 members (excludes halogenated alkanes) is 20. The molecule has 2 heterocycles. The van der Waals surface area contributed by atoms with Crippen LogP contribution in [0.25, 0.3) is 0 Å². The van der Waals surface area contributed by atoms with Gasteiger partial charge in [-0.2, -0.15) is 4.98 Å². The molecule has 0 spiro atoms. The van der Waals surface area contributed by atoms with Crippen LogP contribution in [0.2, 0.25) is 0 Å². The number of nitrogens with zero attached hydrogens (tertiary/aromatic N) is 2. The number of aliphatic hydroxyl groups excluding tert-OH is 2. The summed E-state index contributed by atoms with van der Waals surface area (Å²) in [4.78, 5) is 70.9. The maximum absolute atomic E-state index is 13.0. The van der Waals surface area contributed by atoms with Crippen LogP contribution < -0.4 is 11.4 Å². The van der Waals surface area contributed by atoms with Crippen molar-refractivity contribution in [2.75, 3.05) is 25.6 Å². The molecule has 1 aliphatic heterocycles. The van der Waals surface area contributed by atoms with E-state index in [-0.39, 0.29) is 51.1 Å². The lowest BCUT2D eigenvalue weighted by molar-refractivity contribution is -0.164. The molecule has 3 unspecified atom stereocenters. The van der Waals surface area contributed by atoms with Gasteiger partial charge in [0.05, 0.1) is 18.9 Å². The Morgan fingerprint density at radius 1 is 0.734 bits per heavy atom. The van der Waals surface area contributed by atoms with Crippen LogP contribution in [0.3, 0.4) is 0 Å². The highest BCUT2D eigenvalue weighted by atomic mass is 31.3. The molecule has 20 heteroatoms. The van der Waals surface area contributed by atoms with Crippen LogP contribution in [0.1, 0.15) is 193 Å². The van der Waals surface area contributed by atoms with Gasteiger partial charge in [0, 0.05) is 19.0 Å². The summed E-state index contributed by atoms with van der Waals surface area (Å²) in [6.45, 7) is 3.42. The van der Waals surface area contributed by atoms with E-state index in [1.165, 1.54) is 76.5 Å². The number of nitrogens with two attached hydrogens (primary N) is 1. The average molecular weight is 954 g/mol. The van der Waals surface area contributed by atoms with Gasteiger partial charge in [0.25, 0.3) is 0 Å². The van der Waals surface area contributed by atoms with Crippen LogP contribution in [-0.4, -0.2) is 96.3 Å². The van der Waals surface area contributed by atoms with E-state index in [4.69, 9.17) is 24.7 Å². The van der Waals surface area contributed by atoms with Gasteiger partial charge in [0.15, 0.2) is 12.3 Å². The number of phosphoric acid groups is 1. The van der Waals surface area contributed by atoms with Crippen molar-refractivity contribution in [3.63, 3.8) is 0 Å². The molecule has 372 valence electrons. The zero-order chi connectivity index (χ0) is 47.2. The van der Waals surface area contributed by atoms with Crippen LogP contribution in [0.5, 0.6) is 0 Å². The highest BCUT2D eigenvalue weighted by Gasteiger charge is 2.44. The molecule has 1 saturated heterocycles. The Morgan fingerprint density at radius 3 is 1.77 bits per heavy atom. The number of carbonyl (C=O) groups is 2. The highest BCUT2D eigenvalue weighted by Crippen LogP contribution is 2.61. The second-order valence-corrected chi connectivity index (χ2v) is 20.7. The molecule has 0 radical (unpaired) electrons. The quantitative estimate of drug-likeness (QED) is 0.0206. The monoisotopic (exact) mass is 954 g/mol. The van der Waals surface area contributed by atoms with E-state index in [0.29, 0.717) is 12.8 Å². The number of esters is 2. The fraction of sp³-hybridized carbons (Fsp3) is 0.864. The fourth-order valence-corrected chi connectivity index (χ4v) is 10.6. The molecule has 18 nitrogen and oxygen atoms in total. The van der Waals surface area contributed by atoms with Crippen molar-refractivity contribution in [2.45, 2.75) is 224 Å². The predicted octanol–water partition coefficient (Wildman–Crippen LogP) is 8.15. The van der Waals surface area contributed by atoms with Gasteiger partial charge >= 0.3 is 33.0 Å². The Hall–Kier alpha value is -2.24. The second kappa shape index (κ2) is 33.3. The molecular formula is C44H81N3O15P2. The summed E-state index contributed by atoms with van der Waals surface area (Å²) in [5.74, 6) is -1.24. The third-order valence-electron chi connectivity index (χ3n) is 11.5. The van der Waals surface area contributed by atoms with Crippen molar-refractivity contribution in [1.82, 2.24) is 9.55 Å². The number of carbonyl (C=O) groups excluding carboxylic acids is 2. The van der Waals surface area contributed by atoms with Gasteiger partial charge in [0.2, 0.25) is 0 Å². The van der Waals surface area contributed by atoms with E-state index in [0.717, 1.165) is 68.8 Å². The number of hydrogen-bond acceptors (Lipinski definition) is 14. The summed E-state index contributed by atoms with van der Waals surface area (Å²) in [5.41, 5.74) is 3.67. The lowest BCUT2D eigenvalue weighted by Gasteiger charge is -2.23. The highest BCUT2D eigenvalue weighted by molar-refractivity contribution is 7.64. The summed E-state index contributed by atoms with van der Waals surface area (Å²) in [7, 11) is -10.0. The predicted molar refractivity (Wildman–Crippen MR) is 243 cm³/mol. The van der Waals surface area contributed by atoms with Crippen molar-refractivity contribution in [3.05, 3.63) is 22.7 Å². The Balaban J connectivity index is 1.91. The topological polar surface area (TPSA) is 276 Å². The number of nitrogen functional groups attached to an aromatic ring is 1. The van der Waals surface area contributed by atoms with E-state index in [9.17, 15) is 48.4 Å². The van der Waals surface area contributed by atoms with E-state index in [1.807, 2.05) is 0 Å². The van der Waals surface area contributed by atoms with Crippen molar-refractivity contribution in [1.29, 1.82) is 0 Å². The zero-order valence-corrected chi connectivity index (χ0v) is 40.3. The first-order valence-electron chi connectivity index (χ1n) is 24.0. The third-order valence-corrected chi connectivity index (χ3v) is 14.7. The number of rotatable bonds is 39. The average Bonchev–Trinajstić information content (AvgIpc) is 3.50. The molecule has 0 aromatic carbocycles. The minimum absolute atomic E-state index is 0.0261. The molecule has 0 amide bonds. The third kappa shape index (κ3) is 25.6. The summed E-state index contributed by atoms with van der Waals surface area (Å²) >= 11 is 0. The molecule has 0 aliphatic carbocycles. The summed E-state index contributed by atoms with van der Waals surface area (Å²) in [6.07, 6.45) is 19.1. The van der Waals surface area contributed by atoms with E-state index >= 15 is 0 Å². The number of aromatic nitrogens is 2. The molecule has 1 aliphatic rings. The molecule has 0 saturated carbocycles. The Bertz CT molecular complexity index is 1580. The normalized spacial score (nSPS) is 19.6. The second-order valence-electron chi connectivity index (χ2n) is 17.2. The van der Waals surface area contributed by atoms with Crippen molar-refractivity contribution in [2.24, 2.45) is 0 Å². The van der Waals surface area contributed by atoms with E-state index < -0.39 is 76.0 Å². The maximum Gasteiger partial charge on any atom is 0.476 e. The minimum Gasteiger partial charge on any atom is -0.462 e. The number of ether oxygens (including phenoxy) is 4. The van der Waals surface area contributed by atoms with Crippen molar-refractivity contribution in [3.8, 4) is 0 Å². The molecule has 64 heavy (non-hydrogen) atoms. The Labute approximate surface area is 380 Å². The molecule has 7 atom stereocenters. The van der Waals surface area contributed by atoms with Gasteiger partial charge in [-0.25, -0.2) is 13.7 Å². The Kier molecular flexibility index (Phi) is 30.1. The van der Waals surface area contributed by atoms with Gasteiger partial charge in [0.1, 0.15) is 30.7 Å². The first-order chi connectivity index (χ1) is 30.6. The minimum atomic E-state index is -5.27. The largest absolute Gasteiger partial charge is 0.476 e. The van der Waals surface area contributed by atoms with Gasteiger partial charge in [-0.05, 0) is 31.7 Å². The first-order valence-corrected chi connectivity index (χ1v) is 27.1. The molecule has 2 rings (SSSR count). The Morgan fingerprint density at radius 2 is 1.23 bits per heavy atom. The van der Waals surface area contributed by atoms with E-state index in [1.54, 1.807) is 0 Å². The van der Waals surface area contributed by atoms with Gasteiger partial charge in [-0.1, -0.05) is 149 Å². The summed E-state index contributed by atoms with van der Waals surface area (Å²) < 4.78 is 52.3. The standard InChI is InChI=1S/C44H81N3O15P2/c1-3-5-7-9-11-13-14-15-16-18-20-22-24-28-40(49)60-35(32-58-34-37-41(50)42(51)43(61-37)47-31-30-38(45)46-44(47)52)33-59-39(48)29-25-27-36(63(53,54)62-64(55,56)57)26-23-21-19-17-12-10-8-6-4-2/h30-31,35-37,41-43,50-51H,3-29,32-34H2,1-2H3,(H,53,54)(H2,45,46,52)(H2,55,56,57)/t35?,36?,37-,41-,42-,43-/m1/s1. The lowest BCUT2D eigenvalue weighted by atomic mass is 10.0. The molecule has 1 aromatic rings. The van der Waals surface area contributed by atoms with Crippen LogP contribution in [0.4, 0.5) is 5.82 Å². The molecular weight excluding hydrogens is 872 g/mol. The maximum atomic E-state index is 13.0. The van der Waals surface area contributed by atoms with Gasteiger partial charge in [-0.15, -0.1) is 0 Å². The van der Waals surface area contributed by atoms with Crippen LogP contribution in [0, 0.1) is 0 Å². The van der Waals surface area contributed by atoms with Crippen LogP contribution in [0.15, 0.2) is 17.1 Å². The van der Waals surface area contributed by atoms with E-state index in [2.05, 4.69) is 23.1 Å². The van der Waals surface area contributed by atoms with Crippen LogP contribution >= 0.6 is 15.4 Å². The number of anilines is 1. The summed E-state index contributed by atoms with van der Waals surface area (Å²) in [5, 5.41) is 21.3. The zero-order valence-electron chi connectivity index (χ0n) is 38.5.